The lowest BCUT2D eigenvalue weighted by Gasteiger charge is -2.00. The number of nitrogens with zero attached hydrogens (tertiary/aromatic N) is 1. The van der Waals surface area contributed by atoms with Gasteiger partial charge in [-0.05, 0) is 24.8 Å². The molecule has 2 aromatic heterocycles. The third kappa shape index (κ3) is 1.79. The van der Waals surface area contributed by atoms with Gasteiger partial charge in [0.2, 0.25) is 0 Å². The molecule has 3 rings (SSSR count). The van der Waals surface area contributed by atoms with E-state index in [1.54, 1.807) is 18.4 Å². The maximum Gasteiger partial charge on any atom is 0.259 e. The SMILES string of the molecule is COCCc1nc2sc3c(c2c(=O)[nH]1)CCC3. The summed E-state index contributed by atoms with van der Waals surface area (Å²) in [5, 5.41) is 0.823. The Bertz CT molecular complexity index is 615. The number of hydrogen-bond donors (Lipinski definition) is 1. The van der Waals surface area contributed by atoms with Crippen molar-refractivity contribution in [2.75, 3.05) is 13.7 Å². The normalized spacial score (nSPS) is 14.4. The predicted octanol–water partition coefficient (Wildman–Crippen LogP) is 1.66. The van der Waals surface area contributed by atoms with Gasteiger partial charge in [-0.15, -0.1) is 11.3 Å². The van der Waals surface area contributed by atoms with E-state index in [0.717, 1.165) is 28.9 Å². The smallest absolute Gasteiger partial charge is 0.259 e. The zero-order chi connectivity index (χ0) is 11.8. The molecule has 5 heteroatoms. The Balaban J connectivity index is 2.12. The number of aromatic nitrogens is 2. The molecule has 17 heavy (non-hydrogen) atoms. The van der Waals surface area contributed by atoms with E-state index in [1.165, 1.54) is 16.9 Å². The van der Waals surface area contributed by atoms with Crippen LogP contribution in [0.1, 0.15) is 22.7 Å². The predicted molar refractivity (Wildman–Crippen MR) is 67.8 cm³/mol. The van der Waals surface area contributed by atoms with Crippen LogP contribution in [0.15, 0.2) is 4.79 Å². The van der Waals surface area contributed by atoms with Gasteiger partial charge >= 0.3 is 0 Å². The summed E-state index contributed by atoms with van der Waals surface area (Å²) in [6.07, 6.45) is 3.95. The minimum absolute atomic E-state index is 0.0144. The van der Waals surface area contributed by atoms with E-state index in [1.807, 2.05) is 0 Å². The molecule has 0 saturated carbocycles. The first kappa shape index (κ1) is 10.9. The zero-order valence-electron chi connectivity index (χ0n) is 9.71. The second-order valence-electron chi connectivity index (χ2n) is 4.29. The van der Waals surface area contributed by atoms with Gasteiger partial charge < -0.3 is 9.72 Å². The molecule has 1 aliphatic carbocycles. The van der Waals surface area contributed by atoms with Gasteiger partial charge in [0.25, 0.3) is 5.56 Å². The molecule has 0 radical (unpaired) electrons. The number of aromatic amines is 1. The lowest BCUT2D eigenvalue weighted by Crippen LogP contribution is -2.13. The molecule has 0 unspecified atom stereocenters. The average Bonchev–Trinajstić information content (AvgIpc) is 2.85. The van der Waals surface area contributed by atoms with Crippen LogP contribution in [0.3, 0.4) is 0 Å². The van der Waals surface area contributed by atoms with E-state index in [9.17, 15) is 4.79 Å². The van der Waals surface area contributed by atoms with Gasteiger partial charge in [0.1, 0.15) is 10.7 Å². The Morgan fingerprint density at radius 2 is 2.35 bits per heavy atom. The van der Waals surface area contributed by atoms with Gasteiger partial charge in [-0.3, -0.25) is 4.79 Å². The minimum atomic E-state index is 0.0144. The first-order valence-electron chi connectivity index (χ1n) is 5.82. The number of H-pyrrole nitrogens is 1. The second-order valence-corrected chi connectivity index (χ2v) is 5.38. The lowest BCUT2D eigenvalue weighted by atomic mass is 10.2. The fourth-order valence-electron chi connectivity index (χ4n) is 2.36. The van der Waals surface area contributed by atoms with Crippen molar-refractivity contribution >= 4 is 21.6 Å². The maximum absolute atomic E-state index is 12.1. The molecule has 0 spiro atoms. The van der Waals surface area contributed by atoms with E-state index in [0.29, 0.717) is 13.0 Å². The molecule has 0 saturated heterocycles. The van der Waals surface area contributed by atoms with Gasteiger partial charge in [0.05, 0.1) is 12.0 Å². The molecular formula is C12H14N2O2S. The highest BCUT2D eigenvalue weighted by atomic mass is 32.1. The summed E-state index contributed by atoms with van der Waals surface area (Å²) in [6, 6.07) is 0. The molecule has 1 aliphatic rings. The molecule has 2 heterocycles. The van der Waals surface area contributed by atoms with Gasteiger partial charge in [-0.1, -0.05) is 0 Å². The number of aryl methyl sites for hydroxylation is 2. The van der Waals surface area contributed by atoms with Crippen LogP contribution in [-0.4, -0.2) is 23.7 Å². The Labute approximate surface area is 103 Å². The van der Waals surface area contributed by atoms with Crippen molar-refractivity contribution in [2.24, 2.45) is 0 Å². The second kappa shape index (κ2) is 4.23. The first-order valence-corrected chi connectivity index (χ1v) is 6.63. The van der Waals surface area contributed by atoms with E-state index in [4.69, 9.17) is 4.74 Å². The topological polar surface area (TPSA) is 55.0 Å². The van der Waals surface area contributed by atoms with Crippen molar-refractivity contribution in [3.05, 3.63) is 26.6 Å². The fraction of sp³-hybridized carbons (Fsp3) is 0.500. The van der Waals surface area contributed by atoms with Crippen LogP contribution in [0.2, 0.25) is 0 Å². The van der Waals surface area contributed by atoms with Gasteiger partial charge in [-0.25, -0.2) is 4.98 Å². The van der Waals surface area contributed by atoms with Crippen LogP contribution >= 0.6 is 11.3 Å². The van der Waals surface area contributed by atoms with Gasteiger partial charge in [0.15, 0.2) is 0 Å². The van der Waals surface area contributed by atoms with E-state index < -0.39 is 0 Å². The monoisotopic (exact) mass is 250 g/mol. The van der Waals surface area contributed by atoms with Crippen molar-refractivity contribution in [3.63, 3.8) is 0 Å². The zero-order valence-corrected chi connectivity index (χ0v) is 10.5. The summed E-state index contributed by atoms with van der Waals surface area (Å²) in [4.78, 5) is 21.7. The molecule has 0 aliphatic heterocycles. The number of ether oxygens (including phenoxy) is 1. The molecule has 0 atom stereocenters. The molecular weight excluding hydrogens is 236 g/mol. The van der Waals surface area contributed by atoms with Crippen molar-refractivity contribution in [2.45, 2.75) is 25.7 Å². The van der Waals surface area contributed by atoms with Crippen LogP contribution in [0.5, 0.6) is 0 Å². The highest BCUT2D eigenvalue weighted by Gasteiger charge is 2.20. The molecule has 0 bridgehead atoms. The van der Waals surface area contributed by atoms with Crippen molar-refractivity contribution in [1.29, 1.82) is 0 Å². The quantitative estimate of drug-likeness (QED) is 0.901. The molecule has 1 N–H and O–H groups in total. The summed E-state index contributed by atoms with van der Waals surface area (Å²) in [6.45, 7) is 0.583. The summed E-state index contributed by atoms with van der Waals surface area (Å²) < 4.78 is 5.00. The van der Waals surface area contributed by atoms with Crippen molar-refractivity contribution < 1.29 is 4.74 Å². The summed E-state index contributed by atoms with van der Waals surface area (Å²) in [7, 11) is 1.65. The third-order valence-electron chi connectivity index (χ3n) is 3.17. The fourth-order valence-corrected chi connectivity index (χ4v) is 3.64. The average molecular weight is 250 g/mol. The van der Waals surface area contributed by atoms with Gasteiger partial charge in [0, 0.05) is 18.4 Å². The number of nitrogens with one attached hydrogen (secondary N) is 1. The van der Waals surface area contributed by atoms with Crippen LogP contribution < -0.4 is 5.56 Å². The standard InChI is InChI=1S/C12H14N2O2S/c1-16-6-5-9-13-11(15)10-7-3-2-4-8(7)17-12(10)14-9/h2-6H2,1H3,(H,13,14,15). The summed E-state index contributed by atoms with van der Waals surface area (Å²) in [5.74, 6) is 0.726. The largest absolute Gasteiger partial charge is 0.384 e. The van der Waals surface area contributed by atoms with Crippen LogP contribution in [0.25, 0.3) is 10.2 Å². The molecule has 2 aromatic rings. The van der Waals surface area contributed by atoms with Crippen LogP contribution in [0, 0.1) is 0 Å². The molecule has 0 fully saturated rings. The highest BCUT2D eigenvalue weighted by Crippen LogP contribution is 2.34. The molecule has 90 valence electrons. The van der Waals surface area contributed by atoms with E-state index in [2.05, 4.69) is 9.97 Å². The number of thiophene rings is 1. The number of methoxy groups -OCH3 is 1. The Hall–Kier alpha value is -1.20. The van der Waals surface area contributed by atoms with E-state index in [-0.39, 0.29) is 5.56 Å². The molecule has 4 nitrogen and oxygen atoms in total. The summed E-state index contributed by atoms with van der Waals surface area (Å²) in [5.41, 5.74) is 1.25. The maximum atomic E-state index is 12.1. The van der Waals surface area contributed by atoms with E-state index >= 15 is 0 Å². The highest BCUT2D eigenvalue weighted by molar-refractivity contribution is 7.18. The molecule has 0 amide bonds. The number of rotatable bonds is 3. The Morgan fingerprint density at radius 1 is 1.47 bits per heavy atom. The van der Waals surface area contributed by atoms with Gasteiger partial charge in [-0.2, -0.15) is 0 Å². The third-order valence-corrected chi connectivity index (χ3v) is 4.35. The summed E-state index contributed by atoms with van der Waals surface area (Å²) >= 11 is 1.68. The van der Waals surface area contributed by atoms with Crippen molar-refractivity contribution in [1.82, 2.24) is 9.97 Å². The molecule has 0 aromatic carbocycles. The van der Waals surface area contributed by atoms with Crippen LogP contribution in [0.4, 0.5) is 0 Å². The lowest BCUT2D eigenvalue weighted by molar-refractivity contribution is 0.200. The Morgan fingerprint density at radius 3 is 3.18 bits per heavy atom. The van der Waals surface area contributed by atoms with Crippen molar-refractivity contribution in [3.8, 4) is 0 Å². The van der Waals surface area contributed by atoms with Crippen LogP contribution in [-0.2, 0) is 24.0 Å². The number of fused-ring (bicyclic) bond motifs is 3. The Kier molecular flexibility index (Phi) is 2.72. The minimum Gasteiger partial charge on any atom is -0.384 e. The number of hydrogen-bond acceptors (Lipinski definition) is 4. The first-order chi connectivity index (χ1) is 8.29.